The zero-order chi connectivity index (χ0) is 18.1. The molecule has 0 aromatic carbocycles. The molecule has 2 aromatic heterocycles. The molecule has 0 amide bonds. The predicted octanol–water partition coefficient (Wildman–Crippen LogP) is 3.97. The maximum Gasteiger partial charge on any atom is 0.418 e. The van der Waals surface area contributed by atoms with Crippen molar-refractivity contribution in [3.8, 4) is 0 Å². The van der Waals surface area contributed by atoms with Crippen LogP contribution in [0.5, 0.6) is 0 Å². The van der Waals surface area contributed by atoms with Crippen molar-refractivity contribution in [1.29, 1.82) is 0 Å². The Labute approximate surface area is 148 Å². The second-order valence-corrected chi connectivity index (χ2v) is 8.46. The first kappa shape index (κ1) is 18.6. The Kier molecular flexibility index (Phi) is 5.45. The fraction of sp³-hybridized carbons (Fsp3) is 0.438. The quantitative estimate of drug-likeness (QED) is 0.767. The fourth-order valence-electron chi connectivity index (χ4n) is 1.92. The minimum atomic E-state index is -1.38. The van der Waals surface area contributed by atoms with Crippen LogP contribution in [0.25, 0.3) is 11.0 Å². The molecular weight excluding hydrogens is 350 g/mol. The normalized spacial score (nSPS) is 14.0. The number of hydrogen-bond acceptors (Lipinski definition) is 4. The molecule has 2 rings (SSSR count). The standard InChI is InChI=1S/C16H20ClN3O3S/c1-6-23-15(21)20-9-11(17)14-13(20)8-7-12(18-14)10(2)19-24(22)16(3,4)5/h7-9H,6H2,1-5H3/b19-10+. The van der Waals surface area contributed by atoms with E-state index in [0.29, 0.717) is 27.5 Å². The van der Waals surface area contributed by atoms with Crippen LogP contribution in [0, 0.1) is 0 Å². The van der Waals surface area contributed by atoms with E-state index in [1.807, 2.05) is 20.8 Å². The van der Waals surface area contributed by atoms with Crippen LogP contribution in [0.4, 0.5) is 4.79 Å². The van der Waals surface area contributed by atoms with Gasteiger partial charge in [0.1, 0.15) is 16.5 Å². The number of nitrogens with zero attached hydrogens (tertiary/aromatic N) is 3. The highest BCUT2D eigenvalue weighted by Gasteiger charge is 2.20. The van der Waals surface area contributed by atoms with E-state index in [1.54, 1.807) is 26.0 Å². The molecule has 0 aliphatic carbocycles. The van der Waals surface area contributed by atoms with Gasteiger partial charge in [-0.15, -0.1) is 0 Å². The van der Waals surface area contributed by atoms with Crippen LogP contribution >= 0.6 is 11.6 Å². The number of aromatic nitrogens is 2. The van der Waals surface area contributed by atoms with E-state index >= 15 is 0 Å². The Morgan fingerprint density at radius 3 is 2.67 bits per heavy atom. The highest BCUT2D eigenvalue weighted by Crippen LogP contribution is 2.25. The monoisotopic (exact) mass is 369 g/mol. The Morgan fingerprint density at radius 2 is 2.08 bits per heavy atom. The van der Waals surface area contributed by atoms with Gasteiger partial charge in [0.05, 0.1) is 33.3 Å². The van der Waals surface area contributed by atoms with Crippen molar-refractivity contribution in [1.82, 2.24) is 9.55 Å². The zero-order valence-electron chi connectivity index (χ0n) is 14.3. The summed E-state index contributed by atoms with van der Waals surface area (Å²) in [4.78, 5) is 16.4. The van der Waals surface area contributed by atoms with E-state index < -0.39 is 21.8 Å². The van der Waals surface area contributed by atoms with Gasteiger partial charge >= 0.3 is 6.09 Å². The van der Waals surface area contributed by atoms with Crippen LogP contribution in [0.1, 0.15) is 40.3 Å². The molecular formula is C16H20ClN3O3S. The van der Waals surface area contributed by atoms with Crippen molar-refractivity contribution in [3.63, 3.8) is 0 Å². The van der Waals surface area contributed by atoms with Crippen LogP contribution in [0.2, 0.25) is 5.02 Å². The summed E-state index contributed by atoms with van der Waals surface area (Å²) in [6, 6.07) is 3.44. The highest BCUT2D eigenvalue weighted by molar-refractivity contribution is 7.85. The van der Waals surface area contributed by atoms with E-state index in [-0.39, 0.29) is 6.61 Å². The molecule has 0 saturated carbocycles. The molecule has 0 spiro atoms. The molecule has 0 aliphatic rings. The molecule has 1 unspecified atom stereocenters. The summed E-state index contributed by atoms with van der Waals surface area (Å²) in [5, 5.41) is 0.338. The number of carbonyl (C=O) groups excluding carboxylic acids is 1. The lowest BCUT2D eigenvalue weighted by Crippen LogP contribution is -2.20. The minimum absolute atomic E-state index is 0.270. The van der Waals surface area contributed by atoms with Crippen molar-refractivity contribution in [2.45, 2.75) is 39.4 Å². The van der Waals surface area contributed by atoms with Gasteiger partial charge in [-0.25, -0.2) is 18.6 Å². The molecule has 0 bridgehead atoms. The molecule has 0 fully saturated rings. The van der Waals surface area contributed by atoms with Gasteiger partial charge in [0.25, 0.3) is 0 Å². The first-order valence-electron chi connectivity index (χ1n) is 7.47. The number of hydrogen-bond donors (Lipinski definition) is 0. The van der Waals surface area contributed by atoms with Gasteiger partial charge < -0.3 is 4.74 Å². The molecule has 2 aromatic rings. The van der Waals surface area contributed by atoms with E-state index in [9.17, 15) is 9.00 Å². The van der Waals surface area contributed by atoms with Crippen molar-refractivity contribution >= 4 is 45.4 Å². The summed E-state index contributed by atoms with van der Waals surface area (Å²) in [6.45, 7) is 9.31. The Bertz CT molecular complexity index is 837. The van der Waals surface area contributed by atoms with Crippen molar-refractivity contribution in [3.05, 3.63) is 29.0 Å². The molecule has 0 saturated heterocycles. The third kappa shape index (κ3) is 3.84. The number of pyridine rings is 1. The second-order valence-electron chi connectivity index (χ2n) is 6.15. The largest absolute Gasteiger partial charge is 0.449 e. The van der Waals surface area contributed by atoms with Crippen molar-refractivity contribution in [2.75, 3.05) is 6.61 Å². The van der Waals surface area contributed by atoms with Crippen LogP contribution < -0.4 is 0 Å². The van der Waals surface area contributed by atoms with E-state index in [2.05, 4.69) is 9.38 Å². The summed E-state index contributed by atoms with van der Waals surface area (Å²) >= 11 is 6.19. The molecule has 6 nitrogen and oxygen atoms in total. The van der Waals surface area contributed by atoms with Gasteiger partial charge in [0.15, 0.2) is 0 Å². The number of fused-ring (bicyclic) bond motifs is 1. The molecule has 1 atom stereocenters. The molecule has 130 valence electrons. The summed E-state index contributed by atoms with van der Waals surface area (Å²) < 4.78 is 22.2. The summed E-state index contributed by atoms with van der Waals surface area (Å²) in [5.41, 5.74) is 2.12. The van der Waals surface area contributed by atoms with E-state index in [4.69, 9.17) is 16.3 Å². The third-order valence-electron chi connectivity index (χ3n) is 3.18. The van der Waals surface area contributed by atoms with Gasteiger partial charge in [0.2, 0.25) is 0 Å². The van der Waals surface area contributed by atoms with Crippen LogP contribution in [0.3, 0.4) is 0 Å². The predicted molar refractivity (Wildman–Crippen MR) is 97.3 cm³/mol. The average Bonchev–Trinajstić information content (AvgIpc) is 2.83. The van der Waals surface area contributed by atoms with Gasteiger partial charge in [-0.05, 0) is 46.8 Å². The highest BCUT2D eigenvalue weighted by atomic mass is 35.5. The number of ether oxygens (including phenoxy) is 1. The lowest BCUT2D eigenvalue weighted by Gasteiger charge is -2.14. The fourth-order valence-corrected chi connectivity index (χ4v) is 2.77. The van der Waals surface area contributed by atoms with E-state index in [1.165, 1.54) is 10.8 Å². The first-order chi connectivity index (χ1) is 11.1. The molecule has 0 N–H and O–H groups in total. The van der Waals surface area contributed by atoms with Gasteiger partial charge in [-0.3, -0.25) is 0 Å². The zero-order valence-corrected chi connectivity index (χ0v) is 15.9. The summed E-state index contributed by atoms with van der Waals surface area (Å²) in [6.07, 6.45) is 0.962. The molecule has 2 heterocycles. The molecule has 0 radical (unpaired) electrons. The third-order valence-corrected chi connectivity index (χ3v) is 4.95. The molecule has 0 aliphatic heterocycles. The van der Waals surface area contributed by atoms with Gasteiger partial charge in [-0.1, -0.05) is 11.6 Å². The number of carbonyl (C=O) groups is 1. The second kappa shape index (κ2) is 7.03. The summed E-state index contributed by atoms with van der Waals surface area (Å²) in [7, 11) is -1.38. The first-order valence-corrected chi connectivity index (χ1v) is 8.96. The lowest BCUT2D eigenvalue weighted by molar-refractivity contribution is 0.155. The number of rotatable bonds is 3. The molecule has 24 heavy (non-hydrogen) atoms. The average molecular weight is 370 g/mol. The Balaban J connectivity index is 2.46. The number of halogens is 1. The van der Waals surface area contributed by atoms with Crippen molar-refractivity contribution in [2.24, 2.45) is 4.40 Å². The Hall–Kier alpha value is -1.73. The topological polar surface area (TPSA) is 73.6 Å². The van der Waals surface area contributed by atoms with Gasteiger partial charge in [0, 0.05) is 6.20 Å². The summed E-state index contributed by atoms with van der Waals surface area (Å²) in [5.74, 6) is 0. The van der Waals surface area contributed by atoms with Crippen molar-refractivity contribution < 1.29 is 13.7 Å². The SMILES string of the molecule is CCOC(=O)n1cc(Cl)c2nc(/C(C)=N/S(=O)C(C)(C)C)ccc21. The van der Waals surface area contributed by atoms with Crippen LogP contribution in [-0.4, -0.2) is 36.9 Å². The minimum Gasteiger partial charge on any atom is -0.449 e. The maximum atomic E-state index is 12.1. The van der Waals surface area contributed by atoms with Gasteiger partial charge in [-0.2, -0.15) is 4.40 Å². The van der Waals surface area contributed by atoms with Crippen LogP contribution in [-0.2, 0) is 15.7 Å². The van der Waals surface area contributed by atoms with Crippen LogP contribution in [0.15, 0.2) is 22.7 Å². The Morgan fingerprint density at radius 1 is 1.42 bits per heavy atom. The smallest absolute Gasteiger partial charge is 0.418 e. The maximum absolute atomic E-state index is 12.1. The lowest BCUT2D eigenvalue weighted by atomic mass is 10.2. The molecule has 8 heteroatoms. The van der Waals surface area contributed by atoms with E-state index in [0.717, 1.165) is 0 Å².